The lowest BCUT2D eigenvalue weighted by Gasteiger charge is -2.22. The van der Waals surface area contributed by atoms with E-state index in [1.165, 1.54) is 19.3 Å². The van der Waals surface area contributed by atoms with E-state index in [0.717, 1.165) is 18.4 Å². The Balaban J connectivity index is 1.70. The van der Waals surface area contributed by atoms with Gasteiger partial charge in [-0.3, -0.25) is 4.79 Å². The molecule has 0 spiro atoms. The lowest BCUT2D eigenvalue weighted by atomic mass is 9.95. The van der Waals surface area contributed by atoms with Crippen molar-refractivity contribution in [2.75, 3.05) is 6.54 Å². The third kappa shape index (κ3) is 5.36. The summed E-state index contributed by atoms with van der Waals surface area (Å²) in [7, 11) is 0. The third-order valence-electron chi connectivity index (χ3n) is 3.60. The highest BCUT2D eigenvalue weighted by atomic mass is 16.2. The smallest absolute Gasteiger partial charge is 0.254 e. The molecule has 21 heavy (non-hydrogen) atoms. The van der Waals surface area contributed by atoms with Gasteiger partial charge in [0.1, 0.15) is 0 Å². The van der Waals surface area contributed by atoms with Crippen molar-refractivity contribution in [1.29, 1.82) is 5.26 Å². The Hall–Kier alpha value is -2.19. The van der Waals surface area contributed by atoms with Gasteiger partial charge in [0.05, 0.1) is 24.4 Å². The molecule has 0 radical (unpaired) electrons. The molecule has 0 aliphatic heterocycles. The van der Waals surface area contributed by atoms with E-state index in [1.807, 2.05) is 0 Å². The van der Waals surface area contributed by atoms with Gasteiger partial charge in [0.15, 0.2) is 0 Å². The van der Waals surface area contributed by atoms with Gasteiger partial charge in [0.25, 0.3) is 5.91 Å². The molecule has 0 heterocycles. The first-order valence-electron chi connectivity index (χ1n) is 7.33. The lowest BCUT2D eigenvalue weighted by molar-refractivity contribution is -0.120. The number of carbonyl (C=O) groups is 1. The maximum Gasteiger partial charge on any atom is 0.254 e. The van der Waals surface area contributed by atoms with Crippen LogP contribution in [0.15, 0.2) is 29.4 Å². The maximum atomic E-state index is 11.6. The van der Waals surface area contributed by atoms with Crippen molar-refractivity contribution in [1.82, 2.24) is 10.7 Å². The van der Waals surface area contributed by atoms with Crippen LogP contribution in [0.25, 0.3) is 0 Å². The number of hydrazone groups is 1. The first kappa shape index (κ1) is 15.2. The lowest BCUT2D eigenvalue weighted by Crippen LogP contribution is -2.38. The monoisotopic (exact) mass is 284 g/mol. The zero-order valence-electron chi connectivity index (χ0n) is 12.0. The predicted octanol–water partition coefficient (Wildman–Crippen LogP) is 1.93. The minimum Gasteiger partial charge on any atom is -0.306 e. The van der Waals surface area contributed by atoms with Gasteiger partial charge in [0.2, 0.25) is 0 Å². The quantitative estimate of drug-likeness (QED) is 0.640. The van der Waals surface area contributed by atoms with Crippen molar-refractivity contribution in [3.05, 3.63) is 35.4 Å². The molecule has 110 valence electrons. The number of benzene rings is 1. The standard InChI is InChI=1S/C16H20N4O/c17-10-13-6-8-14(9-7-13)11-19-20-16(21)12-18-15-4-2-1-3-5-15/h6-9,11,15,18H,1-5,12H2,(H,20,21)/b19-11-. The molecule has 5 nitrogen and oxygen atoms in total. The Morgan fingerprint density at radius 1 is 1.29 bits per heavy atom. The SMILES string of the molecule is N#Cc1ccc(/C=N\NC(=O)CNC2CCCCC2)cc1. The van der Waals surface area contributed by atoms with Gasteiger partial charge < -0.3 is 5.32 Å². The molecule has 1 aliphatic rings. The van der Waals surface area contributed by atoms with Gasteiger partial charge in [-0.25, -0.2) is 5.43 Å². The van der Waals surface area contributed by atoms with E-state index in [1.54, 1.807) is 30.5 Å². The molecule has 1 amide bonds. The van der Waals surface area contributed by atoms with Crippen molar-refractivity contribution in [2.24, 2.45) is 5.10 Å². The first-order valence-corrected chi connectivity index (χ1v) is 7.33. The number of rotatable bonds is 5. The van der Waals surface area contributed by atoms with Gasteiger partial charge in [0, 0.05) is 6.04 Å². The summed E-state index contributed by atoms with van der Waals surface area (Å²) in [5.74, 6) is -0.134. The van der Waals surface area contributed by atoms with E-state index in [9.17, 15) is 4.79 Å². The van der Waals surface area contributed by atoms with Crippen LogP contribution < -0.4 is 10.7 Å². The van der Waals surface area contributed by atoms with Crippen LogP contribution in [0, 0.1) is 11.3 Å². The van der Waals surface area contributed by atoms with Crippen molar-refractivity contribution < 1.29 is 4.79 Å². The van der Waals surface area contributed by atoms with Crippen molar-refractivity contribution in [3.8, 4) is 6.07 Å². The second kappa shape index (κ2) is 8.18. The van der Waals surface area contributed by atoms with Gasteiger partial charge in [-0.2, -0.15) is 10.4 Å². The van der Waals surface area contributed by atoms with E-state index >= 15 is 0 Å². The van der Waals surface area contributed by atoms with E-state index in [4.69, 9.17) is 5.26 Å². The van der Waals surface area contributed by atoms with Gasteiger partial charge >= 0.3 is 0 Å². The van der Waals surface area contributed by atoms with Crippen LogP contribution in [0.1, 0.15) is 43.2 Å². The number of amides is 1. The average Bonchev–Trinajstić information content (AvgIpc) is 2.54. The highest BCUT2D eigenvalue weighted by Gasteiger charge is 2.13. The summed E-state index contributed by atoms with van der Waals surface area (Å²) in [6.45, 7) is 0.301. The Morgan fingerprint density at radius 2 is 2.00 bits per heavy atom. The molecule has 0 aromatic heterocycles. The zero-order chi connectivity index (χ0) is 14.9. The average molecular weight is 284 g/mol. The first-order chi connectivity index (χ1) is 10.3. The molecule has 2 rings (SSSR count). The highest BCUT2D eigenvalue weighted by Crippen LogP contribution is 2.16. The van der Waals surface area contributed by atoms with E-state index in [2.05, 4.69) is 21.9 Å². The van der Waals surface area contributed by atoms with Crippen molar-refractivity contribution in [3.63, 3.8) is 0 Å². The minimum atomic E-state index is -0.134. The molecule has 0 bridgehead atoms. The molecule has 2 N–H and O–H groups in total. The van der Waals surface area contributed by atoms with Crippen LogP contribution in [0.4, 0.5) is 0 Å². The van der Waals surface area contributed by atoms with E-state index in [-0.39, 0.29) is 5.91 Å². The molecule has 1 saturated carbocycles. The number of nitriles is 1. The van der Waals surface area contributed by atoms with Gasteiger partial charge in [-0.05, 0) is 30.5 Å². The summed E-state index contributed by atoms with van der Waals surface area (Å²) in [6.07, 6.45) is 7.68. The Labute approximate surface area is 125 Å². The predicted molar refractivity (Wildman–Crippen MR) is 81.8 cm³/mol. The number of hydrogen-bond acceptors (Lipinski definition) is 4. The number of nitrogens with one attached hydrogen (secondary N) is 2. The Kier molecular flexibility index (Phi) is 5.92. The number of carbonyl (C=O) groups excluding carboxylic acids is 1. The molecule has 0 saturated heterocycles. The van der Waals surface area contributed by atoms with Crippen LogP contribution in [-0.4, -0.2) is 24.7 Å². The Morgan fingerprint density at radius 3 is 2.67 bits per heavy atom. The van der Waals surface area contributed by atoms with Crippen molar-refractivity contribution >= 4 is 12.1 Å². The second-order valence-electron chi connectivity index (χ2n) is 5.24. The van der Waals surface area contributed by atoms with Crippen LogP contribution in [-0.2, 0) is 4.79 Å². The molecular formula is C16H20N4O. The molecule has 0 atom stereocenters. The Bertz CT molecular complexity index is 524. The van der Waals surface area contributed by atoms with Gasteiger partial charge in [-0.15, -0.1) is 0 Å². The summed E-state index contributed by atoms with van der Waals surface area (Å²) in [4.78, 5) is 11.6. The molecule has 0 unspecified atom stereocenters. The minimum absolute atomic E-state index is 0.134. The summed E-state index contributed by atoms with van der Waals surface area (Å²) >= 11 is 0. The fraction of sp³-hybridized carbons (Fsp3) is 0.438. The van der Waals surface area contributed by atoms with Crippen molar-refractivity contribution in [2.45, 2.75) is 38.1 Å². The normalized spacial score (nSPS) is 15.8. The molecule has 5 heteroatoms. The molecule has 1 aromatic carbocycles. The number of hydrogen-bond donors (Lipinski definition) is 2. The highest BCUT2D eigenvalue weighted by molar-refractivity contribution is 5.83. The number of nitrogens with zero attached hydrogens (tertiary/aromatic N) is 2. The summed E-state index contributed by atoms with van der Waals surface area (Å²) in [6, 6.07) is 9.52. The van der Waals surface area contributed by atoms with Crippen LogP contribution >= 0.6 is 0 Å². The molecule has 1 fully saturated rings. The fourth-order valence-corrected chi connectivity index (χ4v) is 2.41. The van der Waals surface area contributed by atoms with Crippen LogP contribution in [0.2, 0.25) is 0 Å². The van der Waals surface area contributed by atoms with Gasteiger partial charge in [-0.1, -0.05) is 31.4 Å². The molecule has 1 aromatic rings. The maximum absolute atomic E-state index is 11.6. The van der Waals surface area contributed by atoms with Crippen LogP contribution in [0.5, 0.6) is 0 Å². The largest absolute Gasteiger partial charge is 0.306 e. The second-order valence-corrected chi connectivity index (χ2v) is 5.24. The zero-order valence-corrected chi connectivity index (χ0v) is 12.0. The topological polar surface area (TPSA) is 77.3 Å². The fourth-order valence-electron chi connectivity index (χ4n) is 2.41. The summed E-state index contributed by atoms with van der Waals surface area (Å²) in [5, 5.41) is 15.9. The molecule has 1 aliphatic carbocycles. The van der Waals surface area contributed by atoms with E-state index < -0.39 is 0 Å². The van der Waals surface area contributed by atoms with Crippen LogP contribution in [0.3, 0.4) is 0 Å². The summed E-state index contributed by atoms with van der Waals surface area (Å²) < 4.78 is 0. The molecular weight excluding hydrogens is 264 g/mol. The third-order valence-corrected chi connectivity index (χ3v) is 3.60. The summed E-state index contributed by atoms with van der Waals surface area (Å²) in [5.41, 5.74) is 3.95. The van der Waals surface area contributed by atoms with E-state index in [0.29, 0.717) is 18.2 Å².